The second-order valence-electron chi connectivity index (χ2n) is 7.95. The fraction of sp³-hybridized carbons (Fsp3) is 0.280. The lowest BCUT2D eigenvalue weighted by Crippen LogP contribution is -2.45. The minimum Gasteiger partial charge on any atom is -0.496 e. The smallest absolute Gasteiger partial charge is 0.244 e. The fourth-order valence-corrected chi connectivity index (χ4v) is 4.51. The highest BCUT2D eigenvalue weighted by atomic mass is 16.5. The van der Waals surface area contributed by atoms with Crippen LogP contribution in [-0.4, -0.2) is 41.6 Å². The van der Waals surface area contributed by atoms with E-state index in [4.69, 9.17) is 9.47 Å². The number of anilines is 1. The van der Waals surface area contributed by atoms with Crippen molar-refractivity contribution in [3.63, 3.8) is 0 Å². The van der Waals surface area contributed by atoms with Crippen LogP contribution in [-0.2, 0) is 17.9 Å². The number of likely N-dealkylation sites (tertiary alicyclic amines) is 1. The summed E-state index contributed by atoms with van der Waals surface area (Å²) in [5, 5.41) is 0. The van der Waals surface area contributed by atoms with Gasteiger partial charge < -0.3 is 14.4 Å². The zero-order chi connectivity index (χ0) is 21.2. The molecule has 3 aromatic rings. The van der Waals surface area contributed by atoms with Gasteiger partial charge in [0.2, 0.25) is 5.91 Å². The number of methoxy groups -OCH3 is 1. The molecular formula is C25H25N3O3. The van der Waals surface area contributed by atoms with Gasteiger partial charge in [-0.25, -0.2) is 0 Å². The van der Waals surface area contributed by atoms with Gasteiger partial charge in [-0.05, 0) is 30.3 Å². The summed E-state index contributed by atoms with van der Waals surface area (Å²) in [5.74, 6) is 1.66. The van der Waals surface area contributed by atoms with Crippen molar-refractivity contribution in [2.24, 2.45) is 0 Å². The second-order valence-corrected chi connectivity index (χ2v) is 7.95. The molecule has 2 bridgehead atoms. The molecule has 0 aliphatic carbocycles. The average Bonchev–Trinajstić information content (AvgIpc) is 3.21. The van der Waals surface area contributed by atoms with Crippen LogP contribution in [0.1, 0.15) is 17.7 Å². The third-order valence-corrected chi connectivity index (χ3v) is 5.98. The standard InChI is InChI=1S/C25H25N3O3/c1-30-23-11-4-2-8-18(23)15-27-17-20-14-22(27)25(29)28(16-19-9-6-7-13-26-19)21-10-3-5-12-24(21)31-20/h2-13,20,22H,14-17H2,1H3. The number of hydrogen-bond donors (Lipinski definition) is 0. The molecule has 6 heteroatoms. The van der Waals surface area contributed by atoms with Gasteiger partial charge in [0.15, 0.2) is 0 Å². The summed E-state index contributed by atoms with van der Waals surface area (Å²) in [6.45, 7) is 1.73. The predicted octanol–water partition coefficient (Wildman–Crippen LogP) is 3.66. The van der Waals surface area contributed by atoms with Gasteiger partial charge in [-0.2, -0.15) is 0 Å². The van der Waals surface area contributed by atoms with Crippen molar-refractivity contribution < 1.29 is 14.3 Å². The predicted molar refractivity (Wildman–Crippen MR) is 118 cm³/mol. The third kappa shape index (κ3) is 3.86. The van der Waals surface area contributed by atoms with E-state index in [1.165, 1.54) is 0 Å². The molecule has 1 saturated heterocycles. The van der Waals surface area contributed by atoms with E-state index < -0.39 is 0 Å². The Bertz CT molecular complexity index is 1070. The number of fused-ring (bicyclic) bond motifs is 3. The molecule has 3 heterocycles. The van der Waals surface area contributed by atoms with Gasteiger partial charge in [-0.1, -0.05) is 36.4 Å². The largest absolute Gasteiger partial charge is 0.496 e. The summed E-state index contributed by atoms with van der Waals surface area (Å²) in [6.07, 6.45) is 2.40. The maximum Gasteiger partial charge on any atom is 0.244 e. The van der Waals surface area contributed by atoms with Crippen molar-refractivity contribution in [2.75, 3.05) is 18.6 Å². The first kappa shape index (κ1) is 19.6. The van der Waals surface area contributed by atoms with E-state index in [0.717, 1.165) is 28.4 Å². The van der Waals surface area contributed by atoms with E-state index >= 15 is 0 Å². The maximum atomic E-state index is 13.8. The Kier molecular flexibility index (Phi) is 5.30. The maximum absolute atomic E-state index is 13.8. The van der Waals surface area contributed by atoms with Crippen LogP contribution >= 0.6 is 0 Å². The number of hydrogen-bond acceptors (Lipinski definition) is 5. The number of ether oxygens (including phenoxy) is 2. The highest BCUT2D eigenvalue weighted by molar-refractivity contribution is 5.99. The van der Waals surface area contributed by atoms with Crippen LogP contribution in [0.5, 0.6) is 11.5 Å². The van der Waals surface area contributed by atoms with Crippen molar-refractivity contribution in [2.45, 2.75) is 31.7 Å². The van der Waals surface area contributed by atoms with Crippen molar-refractivity contribution in [3.8, 4) is 11.5 Å². The average molecular weight is 415 g/mol. The molecule has 1 fully saturated rings. The molecule has 0 saturated carbocycles. The molecule has 0 spiro atoms. The van der Waals surface area contributed by atoms with E-state index in [-0.39, 0.29) is 18.1 Å². The molecular weight excluding hydrogens is 390 g/mol. The lowest BCUT2D eigenvalue weighted by molar-refractivity contribution is -0.123. The molecule has 2 unspecified atom stereocenters. The number of benzene rings is 2. The third-order valence-electron chi connectivity index (χ3n) is 5.98. The molecule has 1 aromatic heterocycles. The normalized spacial score (nSPS) is 20.5. The van der Waals surface area contributed by atoms with Crippen molar-refractivity contribution >= 4 is 11.6 Å². The van der Waals surface area contributed by atoms with E-state index in [1.54, 1.807) is 13.3 Å². The lowest BCUT2D eigenvalue weighted by atomic mass is 10.1. The second kappa shape index (κ2) is 8.40. The number of carbonyl (C=O) groups is 1. The molecule has 2 atom stereocenters. The quantitative estimate of drug-likeness (QED) is 0.637. The Morgan fingerprint density at radius 1 is 1.03 bits per heavy atom. The topological polar surface area (TPSA) is 54.9 Å². The lowest BCUT2D eigenvalue weighted by Gasteiger charge is -2.31. The van der Waals surface area contributed by atoms with Crippen LogP contribution in [0.2, 0.25) is 0 Å². The molecule has 2 aliphatic rings. The molecule has 31 heavy (non-hydrogen) atoms. The first-order valence-corrected chi connectivity index (χ1v) is 10.6. The summed E-state index contributed by atoms with van der Waals surface area (Å²) in [7, 11) is 1.68. The summed E-state index contributed by atoms with van der Waals surface area (Å²) in [5.41, 5.74) is 2.71. The molecule has 2 aliphatic heterocycles. The monoisotopic (exact) mass is 415 g/mol. The van der Waals surface area contributed by atoms with Gasteiger partial charge in [-0.3, -0.25) is 14.7 Å². The Hall–Kier alpha value is -3.38. The van der Waals surface area contributed by atoms with Crippen LogP contribution in [0.25, 0.3) is 0 Å². The van der Waals surface area contributed by atoms with Gasteiger partial charge in [-0.15, -0.1) is 0 Å². The zero-order valence-electron chi connectivity index (χ0n) is 17.5. The minimum atomic E-state index is -0.257. The Morgan fingerprint density at radius 3 is 2.68 bits per heavy atom. The summed E-state index contributed by atoms with van der Waals surface area (Å²) in [6, 6.07) is 21.3. The number of rotatable bonds is 5. The van der Waals surface area contributed by atoms with Crippen LogP contribution in [0.3, 0.4) is 0 Å². The number of pyridine rings is 1. The van der Waals surface area contributed by atoms with Crippen molar-refractivity contribution in [1.29, 1.82) is 0 Å². The Labute approximate surface area is 182 Å². The Morgan fingerprint density at radius 2 is 1.84 bits per heavy atom. The van der Waals surface area contributed by atoms with Crippen molar-refractivity contribution in [3.05, 3.63) is 84.2 Å². The van der Waals surface area contributed by atoms with Crippen LogP contribution in [0.4, 0.5) is 5.69 Å². The first-order valence-electron chi connectivity index (χ1n) is 10.6. The summed E-state index contributed by atoms with van der Waals surface area (Å²) >= 11 is 0. The van der Waals surface area contributed by atoms with E-state index in [2.05, 4.69) is 16.0 Å². The fourth-order valence-electron chi connectivity index (χ4n) is 4.51. The van der Waals surface area contributed by atoms with Gasteiger partial charge in [0.1, 0.15) is 17.6 Å². The SMILES string of the molecule is COc1ccccc1CN1CC2CC1C(=O)N(Cc1ccccn1)c1ccccc1O2. The number of para-hydroxylation sites is 3. The highest BCUT2D eigenvalue weighted by Gasteiger charge is 2.43. The summed E-state index contributed by atoms with van der Waals surface area (Å²) < 4.78 is 11.9. The number of aromatic nitrogens is 1. The van der Waals surface area contributed by atoms with Gasteiger partial charge >= 0.3 is 0 Å². The van der Waals surface area contributed by atoms with Gasteiger partial charge in [0, 0.05) is 31.3 Å². The molecule has 1 amide bonds. The summed E-state index contributed by atoms with van der Waals surface area (Å²) in [4.78, 5) is 22.3. The number of nitrogens with zero attached hydrogens (tertiary/aromatic N) is 3. The van der Waals surface area contributed by atoms with Gasteiger partial charge in [0.25, 0.3) is 0 Å². The van der Waals surface area contributed by atoms with Crippen LogP contribution in [0.15, 0.2) is 72.9 Å². The van der Waals surface area contributed by atoms with Crippen LogP contribution in [0, 0.1) is 0 Å². The number of amides is 1. The molecule has 6 nitrogen and oxygen atoms in total. The van der Waals surface area contributed by atoms with E-state index in [1.807, 2.05) is 65.6 Å². The zero-order valence-corrected chi connectivity index (χ0v) is 17.5. The molecule has 0 radical (unpaired) electrons. The van der Waals surface area contributed by atoms with Crippen molar-refractivity contribution in [1.82, 2.24) is 9.88 Å². The van der Waals surface area contributed by atoms with E-state index in [9.17, 15) is 4.79 Å². The van der Waals surface area contributed by atoms with Crippen LogP contribution < -0.4 is 14.4 Å². The first-order chi connectivity index (χ1) is 15.2. The molecule has 0 N–H and O–H groups in total. The van der Waals surface area contributed by atoms with Gasteiger partial charge in [0.05, 0.1) is 31.1 Å². The molecule has 158 valence electrons. The number of carbonyl (C=O) groups excluding carboxylic acids is 1. The molecule has 2 aromatic carbocycles. The van der Waals surface area contributed by atoms with E-state index in [0.29, 0.717) is 26.1 Å². The molecule has 5 rings (SSSR count). The highest BCUT2D eigenvalue weighted by Crippen LogP contribution is 2.37. The Balaban J connectivity index is 1.49. The minimum absolute atomic E-state index is 0.0261.